The maximum atomic E-state index is 12.8. The van der Waals surface area contributed by atoms with E-state index in [2.05, 4.69) is 18.2 Å². The van der Waals surface area contributed by atoms with E-state index < -0.39 is 10.0 Å². The van der Waals surface area contributed by atoms with Crippen molar-refractivity contribution in [2.45, 2.75) is 13.0 Å². The molecule has 0 radical (unpaired) electrons. The van der Waals surface area contributed by atoms with Gasteiger partial charge in [-0.25, -0.2) is 8.42 Å². The first-order chi connectivity index (χ1) is 13.5. The van der Waals surface area contributed by atoms with Gasteiger partial charge in [0.05, 0.1) is 11.4 Å². The minimum atomic E-state index is -3.21. The molecule has 0 bridgehead atoms. The molecule has 4 rings (SSSR count). The van der Waals surface area contributed by atoms with Crippen LogP contribution in [0.4, 0.5) is 5.69 Å². The fourth-order valence-corrected chi connectivity index (χ4v) is 5.24. The van der Waals surface area contributed by atoms with Gasteiger partial charge in [0.1, 0.15) is 0 Å². The number of rotatable bonds is 4. The maximum absolute atomic E-state index is 12.8. The molecule has 5 nitrogen and oxygen atoms in total. The van der Waals surface area contributed by atoms with Gasteiger partial charge in [-0.05, 0) is 47.0 Å². The summed E-state index contributed by atoms with van der Waals surface area (Å²) in [5.74, 6) is 0.0883. The summed E-state index contributed by atoms with van der Waals surface area (Å²) in [6, 6.07) is 21.0. The van der Waals surface area contributed by atoms with E-state index >= 15 is 0 Å². The largest absolute Gasteiger partial charge is 0.337 e. The molecule has 28 heavy (non-hydrogen) atoms. The second-order valence-electron chi connectivity index (χ2n) is 7.09. The zero-order valence-electron chi connectivity index (χ0n) is 15.7. The Labute approximate surface area is 165 Å². The van der Waals surface area contributed by atoms with Crippen molar-refractivity contribution in [1.82, 2.24) is 4.90 Å². The van der Waals surface area contributed by atoms with Crippen LogP contribution in [0.15, 0.2) is 66.7 Å². The second-order valence-corrected chi connectivity index (χ2v) is 9.10. The zero-order valence-corrected chi connectivity index (χ0v) is 16.5. The van der Waals surface area contributed by atoms with Crippen molar-refractivity contribution >= 4 is 32.4 Å². The Bertz CT molecular complexity index is 1120. The van der Waals surface area contributed by atoms with Gasteiger partial charge in [0.15, 0.2) is 0 Å². The number of nitrogens with zero attached hydrogens (tertiary/aromatic N) is 2. The molecule has 1 aliphatic rings. The van der Waals surface area contributed by atoms with Crippen molar-refractivity contribution < 1.29 is 13.2 Å². The lowest BCUT2D eigenvalue weighted by Gasteiger charge is -2.20. The van der Waals surface area contributed by atoms with Crippen LogP contribution < -0.4 is 4.31 Å². The maximum Gasteiger partial charge on any atom is 0.253 e. The summed E-state index contributed by atoms with van der Waals surface area (Å²) in [4.78, 5) is 14.5. The van der Waals surface area contributed by atoms with Crippen LogP contribution in [0.3, 0.4) is 0 Å². The summed E-state index contributed by atoms with van der Waals surface area (Å²) in [7, 11) is -1.43. The Morgan fingerprint density at radius 3 is 2.43 bits per heavy atom. The average molecular weight is 394 g/mol. The lowest BCUT2D eigenvalue weighted by molar-refractivity contribution is 0.0785. The van der Waals surface area contributed by atoms with E-state index in [0.717, 1.165) is 16.3 Å². The van der Waals surface area contributed by atoms with Crippen LogP contribution in [0.2, 0.25) is 0 Å². The molecule has 3 aromatic carbocycles. The fourth-order valence-electron chi connectivity index (χ4n) is 3.68. The van der Waals surface area contributed by atoms with Crippen molar-refractivity contribution in [3.63, 3.8) is 0 Å². The molecular weight excluding hydrogens is 372 g/mol. The number of amides is 1. The Morgan fingerprint density at radius 2 is 1.71 bits per heavy atom. The predicted molar refractivity (Wildman–Crippen MR) is 112 cm³/mol. The van der Waals surface area contributed by atoms with Crippen molar-refractivity contribution in [2.75, 3.05) is 23.7 Å². The summed E-state index contributed by atoms with van der Waals surface area (Å²) in [6.45, 7) is 0.999. The summed E-state index contributed by atoms with van der Waals surface area (Å²) < 4.78 is 25.5. The zero-order chi connectivity index (χ0) is 19.7. The number of carbonyl (C=O) groups excluding carboxylic acids is 1. The van der Waals surface area contributed by atoms with Gasteiger partial charge in [0, 0.05) is 25.7 Å². The first-order valence-electron chi connectivity index (χ1n) is 9.28. The monoisotopic (exact) mass is 394 g/mol. The van der Waals surface area contributed by atoms with Crippen LogP contribution in [-0.2, 0) is 16.6 Å². The molecule has 0 atom stereocenters. The highest BCUT2D eigenvalue weighted by Gasteiger charge is 2.28. The molecule has 0 aliphatic carbocycles. The molecule has 0 unspecified atom stereocenters. The number of benzene rings is 3. The van der Waals surface area contributed by atoms with E-state index in [1.54, 1.807) is 36.2 Å². The van der Waals surface area contributed by atoms with Crippen molar-refractivity contribution in [2.24, 2.45) is 0 Å². The third-order valence-electron chi connectivity index (χ3n) is 5.14. The van der Waals surface area contributed by atoms with Gasteiger partial charge in [-0.15, -0.1) is 0 Å². The molecule has 144 valence electrons. The van der Waals surface area contributed by atoms with Gasteiger partial charge in [-0.3, -0.25) is 9.10 Å². The first kappa shape index (κ1) is 18.5. The van der Waals surface area contributed by atoms with E-state index in [4.69, 9.17) is 0 Å². The number of anilines is 1. The quantitative estimate of drug-likeness (QED) is 0.679. The molecule has 3 aromatic rings. The Kier molecular flexibility index (Phi) is 4.81. The first-order valence-corrected chi connectivity index (χ1v) is 10.9. The molecule has 1 amide bonds. The Hall–Kier alpha value is -2.86. The summed E-state index contributed by atoms with van der Waals surface area (Å²) >= 11 is 0. The van der Waals surface area contributed by atoms with Crippen molar-refractivity contribution in [1.29, 1.82) is 0 Å². The standard InChI is InChI=1S/C22H22N2O3S/c1-23(16-19-8-4-7-17-6-2-3-9-21(17)19)22(25)18-10-12-20(13-11-18)24-14-5-15-28(24,26)27/h2-4,6-13H,5,14-16H2,1H3. The smallest absolute Gasteiger partial charge is 0.253 e. The van der Waals surface area contributed by atoms with Gasteiger partial charge in [0.25, 0.3) is 5.91 Å². The lowest BCUT2D eigenvalue weighted by Crippen LogP contribution is -2.27. The van der Waals surface area contributed by atoms with Gasteiger partial charge < -0.3 is 4.90 Å². The van der Waals surface area contributed by atoms with Gasteiger partial charge in [-0.1, -0.05) is 42.5 Å². The van der Waals surface area contributed by atoms with Crippen LogP contribution in [-0.4, -0.2) is 38.6 Å². The van der Waals surface area contributed by atoms with Gasteiger partial charge in [-0.2, -0.15) is 0 Å². The van der Waals surface area contributed by atoms with Crippen LogP contribution in [0.5, 0.6) is 0 Å². The summed E-state index contributed by atoms with van der Waals surface area (Å²) in [5, 5.41) is 2.29. The van der Waals surface area contributed by atoms with Crippen LogP contribution in [0.1, 0.15) is 22.3 Å². The summed E-state index contributed by atoms with van der Waals surface area (Å²) in [6.07, 6.45) is 0.636. The third kappa shape index (κ3) is 3.47. The SMILES string of the molecule is CN(Cc1cccc2ccccc12)C(=O)c1ccc(N2CCCS2(=O)=O)cc1. The molecule has 1 aliphatic heterocycles. The molecule has 0 saturated carbocycles. The minimum Gasteiger partial charge on any atom is -0.337 e. The normalized spacial score (nSPS) is 15.7. The van der Waals surface area contributed by atoms with E-state index in [9.17, 15) is 13.2 Å². The predicted octanol–water partition coefficient (Wildman–Crippen LogP) is 3.65. The van der Waals surface area contributed by atoms with E-state index in [-0.39, 0.29) is 11.7 Å². The Balaban J connectivity index is 1.52. The molecule has 0 N–H and O–H groups in total. The van der Waals surface area contributed by atoms with Gasteiger partial charge >= 0.3 is 0 Å². The molecule has 1 heterocycles. The number of fused-ring (bicyclic) bond motifs is 1. The topological polar surface area (TPSA) is 57.7 Å². The molecule has 6 heteroatoms. The second kappa shape index (κ2) is 7.28. The van der Waals surface area contributed by atoms with Crippen molar-refractivity contribution in [3.05, 3.63) is 77.9 Å². The highest BCUT2D eigenvalue weighted by Crippen LogP contribution is 2.25. The van der Waals surface area contributed by atoms with Crippen LogP contribution >= 0.6 is 0 Å². The van der Waals surface area contributed by atoms with E-state index in [0.29, 0.717) is 30.8 Å². The molecule has 0 spiro atoms. The number of hydrogen-bond donors (Lipinski definition) is 0. The summed E-state index contributed by atoms with van der Waals surface area (Å²) in [5.41, 5.74) is 2.25. The minimum absolute atomic E-state index is 0.0937. The lowest BCUT2D eigenvalue weighted by atomic mass is 10.0. The van der Waals surface area contributed by atoms with E-state index in [1.807, 2.05) is 24.3 Å². The van der Waals surface area contributed by atoms with Crippen LogP contribution in [0, 0.1) is 0 Å². The van der Waals surface area contributed by atoms with Gasteiger partial charge in [0.2, 0.25) is 10.0 Å². The number of hydrogen-bond acceptors (Lipinski definition) is 3. The van der Waals surface area contributed by atoms with Crippen LogP contribution in [0.25, 0.3) is 10.8 Å². The highest BCUT2D eigenvalue weighted by molar-refractivity contribution is 7.93. The molecule has 1 saturated heterocycles. The molecule has 1 fully saturated rings. The van der Waals surface area contributed by atoms with Crippen molar-refractivity contribution in [3.8, 4) is 0 Å². The molecule has 0 aromatic heterocycles. The molecular formula is C22H22N2O3S. The fraction of sp³-hybridized carbons (Fsp3) is 0.227. The van der Waals surface area contributed by atoms with E-state index in [1.165, 1.54) is 4.31 Å². The Morgan fingerprint density at radius 1 is 1.00 bits per heavy atom. The number of carbonyl (C=O) groups is 1. The average Bonchev–Trinajstić information content (AvgIpc) is 3.07. The third-order valence-corrected chi connectivity index (χ3v) is 7.01. The highest BCUT2D eigenvalue weighted by atomic mass is 32.2. The number of sulfonamides is 1.